The monoisotopic (exact) mass is 453 g/mol. The maximum absolute atomic E-state index is 12.8. The van der Waals surface area contributed by atoms with Gasteiger partial charge in [-0.05, 0) is 41.3 Å². The van der Waals surface area contributed by atoms with Crippen LogP contribution in [0.25, 0.3) is 10.1 Å². The molecule has 1 amide bonds. The molecule has 2 aromatic heterocycles. The molecular weight excluding hydrogens is 435 g/mol. The summed E-state index contributed by atoms with van der Waals surface area (Å²) in [6.07, 6.45) is -2.50. The van der Waals surface area contributed by atoms with Crippen molar-refractivity contribution < 1.29 is 18.0 Å². The van der Waals surface area contributed by atoms with E-state index in [0.717, 1.165) is 23.2 Å². The highest BCUT2D eigenvalue weighted by molar-refractivity contribution is 7.17. The number of rotatable bonds is 4. The van der Waals surface area contributed by atoms with Crippen molar-refractivity contribution in [2.75, 3.05) is 18.0 Å². The van der Waals surface area contributed by atoms with E-state index in [1.807, 2.05) is 23.1 Å². The second-order valence-electron chi connectivity index (χ2n) is 7.26. The minimum Gasteiger partial charge on any atom is -0.355 e. The van der Waals surface area contributed by atoms with Crippen LogP contribution in [0.3, 0.4) is 0 Å². The van der Waals surface area contributed by atoms with Gasteiger partial charge in [0.15, 0.2) is 0 Å². The highest BCUT2D eigenvalue weighted by Crippen LogP contribution is 2.34. The molecule has 1 fully saturated rings. The fourth-order valence-electron chi connectivity index (χ4n) is 3.67. The molecule has 1 aliphatic heterocycles. The Kier molecular flexibility index (Phi) is 5.88. The number of anilines is 1. The lowest BCUT2D eigenvalue weighted by molar-refractivity contribution is -0.137. The predicted molar refractivity (Wildman–Crippen MR) is 113 cm³/mol. The molecule has 0 aliphatic carbocycles. The number of nitrogens with one attached hydrogen (secondary N) is 1. The molecule has 0 unspecified atom stereocenters. The standard InChI is InChI=1S/C21H19ClF3N3OS/c22-17-9-15(21(23,24)25)11-26-19(17)28-7-5-13(6-8-28)20(29)27-10-14-12-30-18-4-2-1-3-16(14)18/h1-4,9,11-13H,5-8,10H2,(H,27,29). The Hall–Kier alpha value is -2.32. The summed E-state index contributed by atoms with van der Waals surface area (Å²) in [5.74, 6) is 0.184. The number of alkyl halides is 3. The average Bonchev–Trinajstić information content (AvgIpc) is 3.14. The van der Waals surface area contributed by atoms with Gasteiger partial charge in [0.1, 0.15) is 5.82 Å². The topological polar surface area (TPSA) is 45.2 Å². The fraction of sp³-hybridized carbons (Fsp3) is 0.333. The third-order valence-corrected chi connectivity index (χ3v) is 6.62. The fourth-order valence-corrected chi connectivity index (χ4v) is 4.92. The van der Waals surface area contributed by atoms with Crippen LogP contribution in [0, 0.1) is 5.92 Å². The number of benzene rings is 1. The van der Waals surface area contributed by atoms with Gasteiger partial charge in [0, 0.05) is 36.4 Å². The Morgan fingerprint density at radius 1 is 1.27 bits per heavy atom. The van der Waals surface area contributed by atoms with E-state index < -0.39 is 11.7 Å². The van der Waals surface area contributed by atoms with Crippen molar-refractivity contribution in [1.82, 2.24) is 10.3 Å². The Labute approximate surface area is 180 Å². The number of pyridine rings is 1. The molecule has 1 saturated heterocycles. The number of hydrogen-bond donors (Lipinski definition) is 1. The molecule has 0 saturated carbocycles. The zero-order valence-electron chi connectivity index (χ0n) is 15.9. The van der Waals surface area contributed by atoms with Gasteiger partial charge < -0.3 is 10.2 Å². The van der Waals surface area contributed by atoms with Crippen LogP contribution in [0.2, 0.25) is 5.02 Å². The van der Waals surface area contributed by atoms with Crippen LogP contribution in [-0.2, 0) is 17.5 Å². The first-order valence-electron chi connectivity index (χ1n) is 9.53. The summed E-state index contributed by atoms with van der Waals surface area (Å²) in [5.41, 5.74) is 0.230. The summed E-state index contributed by atoms with van der Waals surface area (Å²) >= 11 is 7.69. The Morgan fingerprint density at radius 2 is 2.00 bits per heavy atom. The SMILES string of the molecule is O=C(NCc1csc2ccccc12)C1CCN(c2ncc(C(F)(F)F)cc2Cl)CC1. The number of amides is 1. The second-order valence-corrected chi connectivity index (χ2v) is 8.58. The van der Waals surface area contributed by atoms with Gasteiger partial charge in [-0.15, -0.1) is 11.3 Å². The molecule has 4 nitrogen and oxygen atoms in total. The third kappa shape index (κ3) is 4.39. The first kappa shape index (κ1) is 20.9. The van der Waals surface area contributed by atoms with E-state index in [0.29, 0.717) is 38.3 Å². The van der Waals surface area contributed by atoms with E-state index in [2.05, 4.69) is 21.7 Å². The van der Waals surface area contributed by atoms with Crippen molar-refractivity contribution in [1.29, 1.82) is 0 Å². The molecular formula is C21H19ClF3N3OS. The van der Waals surface area contributed by atoms with Gasteiger partial charge in [0.25, 0.3) is 0 Å². The van der Waals surface area contributed by atoms with Crippen LogP contribution >= 0.6 is 22.9 Å². The lowest BCUT2D eigenvalue weighted by Gasteiger charge is -2.32. The van der Waals surface area contributed by atoms with Gasteiger partial charge in [-0.3, -0.25) is 4.79 Å². The minimum absolute atomic E-state index is 0.00333. The van der Waals surface area contributed by atoms with E-state index >= 15 is 0 Å². The van der Waals surface area contributed by atoms with Gasteiger partial charge in [0.05, 0.1) is 10.6 Å². The van der Waals surface area contributed by atoms with Crippen LogP contribution in [0.4, 0.5) is 19.0 Å². The second kappa shape index (κ2) is 8.43. The van der Waals surface area contributed by atoms with Gasteiger partial charge in [0.2, 0.25) is 5.91 Å². The summed E-state index contributed by atoms with van der Waals surface area (Å²) in [7, 11) is 0. The summed E-state index contributed by atoms with van der Waals surface area (Å²) in [6, 6.07) is 8.98. The van der Waals surface area contributed by atoms with Crippen molar-refractivity contribution in [2.24, 2.45) is 5.92 Å². The molecule has 1 aromatic carbocycles. The van der Waals surface area contributed by atoms with Crippen LogP contribution < -0.4 is 10.2 Å². The molecule has 0 radical (unpaired) electrons. The number of nitrogens with zero attached hydrogens (tertiary/aromatic N) is 2. The molecule has 0 spiro atoms. The average molecular weight is 454 g/mol. The maximum Gasteiger partial charge on any atom is 0.417 e. The quantitative estimate of drug-likeness (QED) is 0.567. The largest absolute Gasteiger partial charge is 0.417 e. The third-order valence-electron chi connectivity index (χ3n) is 5.33. The molecule has 4 rings (SSSR count). The molecule has 1 aliphatic rings. The normalized spacial score (nSPS) is 15.5. The van der Waals surface area contributed by atoms with Crippen LogP contribution in [0.15, 0.2) is 41.9 Å². The van der Waals surface area contributed by atoms with Crippen molar-refractivity contribution in [3.63, 3.8) is 0 Å². The van der Waals surface area contributed by atoms with Crippen molar-refractivity contribution in [3.8, 4) is 0 Å². The lowest BCUT2D eigenvalue weighted by Crippen LogP contribution is -2.40. The number of piperidine rings is 1. The van der Waals surface area contributed by atoms with E-state index in [9.17, 15) is 18.0 Å². The molecule has 30 heavy (non-hydrogen) atoms. The van der Waals surface area contributed by atoms with Gasteiger partial charge >= 0.3 is 6.18 Å². The summed E-state index contributed by atoms with van der Waals surface area (Å²) < 4.78 is 39.6. The highest BCUT2D eigenvalue weighted by atomic mass is 35.5. The van der Waals surface area contributed by atoms with Crippen molar-refractivity contribution >= 4 is 44.7 Å². The molecule has 1 N–H and O–H groups in total. The van der Waals surface area contributed by atoms with Gasteiger partial charge in [-0.1, -0.05) is 29.8 Å². The molecule has 158 valence electrons. The number of hydrogen-bond acceptors (Lipinski definition) is 4. The van der Waals surface area contributed by atoms with Crippen LogP contribution in [0.1, 0.15) is 24.0 Å². The Morgan fingerprint density at radius 3 is 2.70 bits per heavy atom. The number of carbonyl (C=O) groups excluding carboxylic acids is 1. The first-order chi connectivity index (χ1) is 14.3. The molecule has 3 aromatic rings. The molecule has 0 atom stereocenters. The number of thiophene rings is 1. The summed E-state index contributed by atoms with van der Waals surface area (Å²) in [4.78, 5) is 18.3. The summed E-state index contributed by atoms with van der Waals surface area (Å²) in [5, 5.41) is 6.20. The number of fused-ring (bicyclic) bond motifs is 1. The number of carbonyl (C=O) groups is 1. The van der Waals surface area contributed by atoms with E-state index in [1.165, 1.54) is 4.70 Å². The maximum atomic E-state index is 12.8. The Bertz CT molecular complexity index is 1060. The van der Waals surface area contributed by atoms with E-state index in [1.54, 1.807) is 11.3 Å². The highest BCUT2D eigenvalue weighted by Gasteiger charge is 2.33. The van der Waals surface area contributed by atoms with Crippen molar-refractivity contribution in [2.45, 2.75) is 25.6 Å². The van der Waals surface area contributed by atoms with Crippen LogP contribution in [-0.4, -0.2) is 24.0 Å². The summed E-state index contributed by atoms with van der Waals surface area (Å²) in [6.45, 7) is 1.50. The molecule has 3 heterocycles. The molecule has 0 bridgehead atoms. The number of halogens is 4. The van der Waals surface area contributed by atoms with E-state index in [-0.39, 0.29) is 16.8 Å². The smallest absolute Gasteiger partial charge is 0.355 e. The zero-order valence-corrected chi connectivity index (χ0v) is 17.4. The van der Waals surface area contributed by atoms with Gasteiger partial charge in [-0.2, -0.15) is 13.2 Å². The molecule has 9 heteroatoms. The van der Waals surface area contributed by atoms with Crippen molar-refractivity contribution in [3.05, 3.63) is 58.1 Å². The van der Waals surface area contributed by atoms with E-state index in [4.69, 9.17) is 11.6 Å². The minimum atomic E-state index is -4.48. The first-order valence-corrected chi connectivity index (χ1v) is 10.8. The predicted octanol–water partition coefficient (Wildman–Crippen LogP) is 5.50. The number of aromatic nitrogens is 1. The Balaban J connectivity index is 1.33. The zero-order chi connectivity index (χ0) is 21.3. The lowest BCUT2D eigenvalue weighted by atomic mass is 9.95. The van der Waals surface area contributed by atoms with Gasteiger partial charge in [-0.25, -0.2) is 4.98 Å². The van der Waals surface area contributed by atoms with Crippen LogP contribution in [0.5, 0.6) is 0 Å².